The van der Waals surface area contributed by atoms with Gasteiger partial charge in [-0.2, -0.15) is 0 Å². The lowest BCUT2D eigenvalue weighted by atomic mass is 10.1. The molecule has 1 amide bonds. The molecule has 1 aliphatic heterocycles. The van der Waals surface area contributed by atoms with Crippen molar-refractivity contribution in [2.24, 2.45) is 0 Å². The highest BCUT2D eigenvalue weighted by molar-refractivity contribution is 7.99. The number of aliphatic hydroxyl groups excluding tert-OH is 1. The molecule has 128 valence electrons. The largest absolute Gasteiger partial charge is 0.393 e. The maximum atomic E-state index is 13.4. The summed E-state index contributed by atoms with van der Waals surface area (Å²) in [5, 5.41) is 12.4. The standard InChI is InChI=1S/C17H25FN2O2S/c18-15-4-1-2-5-16(15)23-13-8-17(22)19-9-3-10-20-11-6-14(21)7-12-20/h1-2,4-5,14,21H,3,6-13H2,(H,19,22). The van der Waals surface area contributed by atoms with Gasteiger partial charge in [0.15, 0.2) is 0 Å². The van der Waals surface area contributed by atoms with Crippen molar-refractivity contribution in [2.75, 3.05) is 31.9 Å². The Labute approximate surface area is 141 Å². The first kappa shape index (κ1) is 18.2. The SMILES string of the molecule is O=C(CCSc1ccccc1F)NCCCN1CCC(O)CC1. The van der Waals surface area contributed by atoms with Crippen molar-refractivity contribution in [2.45, 2.75) is 36.7 Å². The Morgan fingerprint density at radius 2 is 2.09 bits per heavy atom. The lowest BCUT2D eigenvalue weighted by Gasteiger charge is -2.29. The van der Waals surface area contributed by atoms with Crippen LogP contribution in [0.4, 0.5) is 4.39 Å². The number of hydrogen-bond donors (Lipinski definition) is 2. The first-order valence-corrected chi connectivity index (χ1v) is 9.18. The Bertz CT molecular complexity index is 493. The minimum atomic E-state index is -0.232. The smallest absolute Gasteiger partial charge is 0.220 e. The summed E-state index contributed by atoms with van der Waals surface area (Å²) in [4.78, 5) is 14.7. The number of hydrogen-bond acceptors (Lipinski definition) is 4. The molecular formula is C17H25FN2O2S. The van der Waals surface area contributed by atoms with Crippen molar-refractivity contribution in [1.82, 2.24) is 10.2 Å². The number of aliphatic hydroxyl groups is 1. The summed E-state index contributed by atoms with van der Waals surface area (Å²) < 4.78 is 13.4. The summed E-state index contributed by atoms with van der Waals surface area (Å²) in [6, 6.07) is 6.62. The van der Waals surface area contributed by atoms with Gasteiger partial charge in [-0.25, -0.2) is 4.39 Å². The monoisotopic (exact) mass is 340 g/mol. The minimum Gasteiger partial charge on any atom is -0.393 e. The molecule has 1 heterocycles. The minimum absolute atomic E-state index is 0.0166. The predicted molar refractivity (Wildman–Crippen MR) is 91.0 cm³/mol. The number of amides is 1. The molecular weight excluding hydrogens is 315 g/mol. The molecule has 0 spiro atoms. The number of halogens is 1. The van der Waals surface area contributed by atoms with E-state index in [1.54, 1.807) is 18.2 Å². The lowest BCUT2D eigenvalue weighted by Crippen LogP contribution is -2.37. The topological polar surface area (TPSA) is 52.6 Å². The van der Waals surface area contributed by atoms with Crippen molar-refractivity contribution in [3.8, 4) is 0 Å². The first-order chi connectivity index (χ1) is 11.1. The van der Waals surface area contributed by atoms with Gasteiger partial charge in [0.05, 0.1) is 6.10 Å². The molecule has 2 rings (SSSR count). The predicted octanol–water partition coefficient (Wildman–Crippen LogP) is 2.27. The van der Waals surface area contributed by atoms with Crippen molar-refractivity contribution in [3.63, 3.8) is 0 Å². The van der Waals surface area contributed by atoms with E-state index >= 15 is 0 Å². The van der Waals surface area contributed by atoms with E-state index in [1.165, 1.54) is 17.8 Å². The van der Waals surface area contributed by atoms with E-state index in [9.17, 15) is 14.3 Å². The van der Waals surface area contributed by atoms with Crippen LogP contribution in [-0.4, -0.2) is 53.9 Å². The second kappa shape index (κ2) is 9.90. The number of thioether (sulfide) groups is 1. The number of rotatable bonds is 8. The van der Waals surface area contributed by atoms with Crippen LogP contribution in [0.25, 0.3) is 0 Å². The Hall–Kier alpha value is -1.11. The molecule has 1 fully saturated rings. The lowest BCUT2D eigenvalue weighted by molar-refractivity contribution is -0.120. The van der Waals surface area contributed by atoms with Crippen LogP contribution in [0.15, 0.2) is 29.2 Å². The van der Waals surface area contributed by atoms with Crippen LogP contribution >= 0.6 is 11.8 Å². The molecule has 0 unspecified atom stereocenters. The van der Waals surface area contributed by atoms with Gasteiger partial charge in [0, 0.05) is 36.7 Å². The first-order valence-electron chi connectivity index (χ1n) is 8.19. The quantitative estimate of drug-likeness (QED) is 0.563. The number of piperidine rings is 1. The molecule has 1 aliphatic rings. The third kappa shape index (κ3) is 6.89. The van der Waals surface area contributed by atoms with Gasteiger partial charge in [0.1, 0.15) is 5.82 Å². The maximum Gasteiger partial charge on any atom is 0.220 e. The van der Waals surface area contributed by atoms with Gasteiger partial charge >= 0.3 is 0 Å². The zero-order valence-electron chi connectivity index (χ0n) is 13.3. The summed E-state index contributed by atoms with van der Waals surface area (Å²) in [5.41, 5.74) is 0. The molecule has 23 heavy (non-hydrogen) atoms. The Kier molecular flexibility index (Phi) is 7.85. The van der Waals surface area contributed by atoms with Gasteiger partial charge in [-0.3, -0.25) is 4.79 Å². The Morgan fingerprint density at radius 3 is 2.83 bits per heavy atom. The van der Waals surface area contributed by atoms with Gasteiger partial charge in [-0.15, -0.1) is 11.8 Å². The van der Waals surface area contributed by atoms with Crippen molar-refractivity contribution in [3.05, 3.63) is 30.1 Å². The number of carbonyl (C=O) groups is 1. The van der Waals surface area contributed by atoms with Gasteiger partial charge in [0.2, 0.25) is 5.91 Å². The molecule has 0 radical (unpaired) electrons. The van der Waals surface area contributed by atoms with Crippen LogP contribution in [-0.2, 0) is 4.79 Å². The van der Waals surface area contributed by atoms with E-state index in [4.69, 9.17) is 0 Å². The molecule has 0 bridgehead atoms. The van der Waals surface area contributed by atoms with Crippen LogP contribution in [0.2, 0.25) is 0 Å². The second-order valence-corrected chi connectivity index (χ2v) is 6.94. The summed E-state index contributed by atoms with van der Waals surface area (Å²) in [6.07, 6.45) is 2.87. The van der Waals surface area contributed by atoms with E-state index in [-0.39, 0.29) is 17.8 Å². The van der Waals surface area contributed by atoms with Crippen molar-refractivity contribution >= 4 is 17.7 Å². The molecule has 6 heteroatoms. The average Bonchev–Trinajstić information content (AvgIpc) is 2.55. The number of nitrogens with one attached hydrogen (secondary N) is 1. The van der Waals surface area contributed by atoms with E-state index in [1.807, 2.05) is 0 Å². The highest BCUT2D eigenvalue weighted by atomic mass is 32.2. The molecule has 0 saturated carbocycles. The Morgan fingerprint density at radius 1 is 1.35 bits per heavy atom. The Balaban J connectivity index is 1.51. The van der Waals surface area contributed by atoms with Gasteiger partial charge in [0.25, 0.3) is 0 Å². The van der Waals surface area contributed by atoms with Crippen LogP contribution in [0.5, 0.6) is 0 Å². The fourth-order valence-corrected chi connectivity index (χ4v) is 3.47. The van der Waals surface area contributed by atoms with Crippen LogP contribution < -0.4 is 5.32 Å². The van der Waals surface area contributed by atoms with Crippen molar-refractivity contribution < 1.29 is 14.3 Å². The maximum absolute atomic E-state index is 13.4. The van der Waals surface area contributed by atoms with Gasteiger partial charge in [-0.05, 0) is 37.9 Å². The highest BCUT2D eigenvalue weighted by Crippen LogP contribution is 2.21. The van der Waals surface area contributed by atoms with Crippen LogP contribution in [0.1, 0.15) is 25.7 Å². The van der Waals surface area contributed by atoms with Crippen LogP contribution in [0, 0.1) is 5.82 Å². The van der Waals surface area contributed by atoms with Gasteiger partial charge in [-0.1, -0.05) is 12.1 Å². The highest BCUT2D eigenvalue weighted by Gasteiger charge is 2.16. The van der Waals surface area contributed by atoms with Crippen molar-refractivity contribution in [1.29, 1.82) is 0 Å². The fourth-order valence-electron chi connectivity index (χ4n) is 2.58. The summed E-state index contributed by atoms with van der Waals surface area (Å²) >= 11 is 1.37. The third-order valence-electron chi connectivity index (χ3n) is 3.95. The van der Waals surface area contributed by atoms with E-state index in [2.05, 4.69) is 10.2 Å². The molecule has 0 atom stereocenters. The van der Waals surface area contributed by atoms with E-state index < -0.39 is 0 Å². The second-order valence-electron chi connectivity index (χ2n) is 5.81. The number of nitrogens with zero attached hydrogens (tertiary/aromatic N) is 1. The van der Waals surface area contributed by atoms with Gasteiger partial charge < -0.3 is 15.3 Å². The molecule has 1 aromatic carbocycles. The summed E-state index contributed by atoms with van der Waals surface area (Å²) in [6.45, 7) is 3.50. The number of carbonyl (C=O) groups excluding carboxylic acids is 1. The number of benzene rings is 1. The fraction of sp³-hybridized carbons (Fsp3) is 0.588. The normalized spacial score (nSPS) is 16.4. The molecule has 0 aromatic heterocycles. The van der Waals surface area contributed by atoms with E-state index in [0.717, 1.165) is 38.9 Å². The average molecular weight is 340 g/mol. The zero-order chi connectivity index (χ0) is 16.5. The van der Waals surface area contributed by atoms with E-state index in [0.29, 0.717) is 23.6 Å². The zero-order valence-corrected chi connectivity index (χ0v) is 14.2. The molecule has 1 aromatic rings. The third-order valence-corrected chi connectivity index (χ3v) is 5.00. The molecule has 1 saturated heterocycles. The number of likely N-dealkylation sites (tertiary alicyclic amines) is 1. The summed E-state index contributed by atoms with van der Waals surface area (Å²) in [7, 11) is 0. The van der Waals surface area contributed by atoms with Crippen LogP contribution in [0.3, 0.4) is 0 Å². The molecule has 2 N–H and O–H groups in total. The molecule has 0 aliphatic carbocycles. The summed E-state index contributed by atoms with van der Waals surface area (Å²) in [5.74, 6) is 0.365. The molecule has 4 nitrogen and oxygen atoms in total.